The molecule has 156 valence electrons. The summed E-state index contributed by atoms with van der Waals surface area (Å²) in [4.78, 5) is 38.9. The molecule has 7 nitrogen and oxygen atoms in total. The lowest BCUT2D eigenvalue weighted by Gasteiger charge is -2.34. The standard InChI is InChI=1S/C23H24N2O5/c1-15-7-6-10-19-20(15)25(23(28)30-19)18-11-13-24(14-12-18)22(27)21(29-16(2)26)17-8-4-3-5-9-17/h3-10,18,21H,11-14H2,1-2H3. The van der Waals surface area contributed by atoms with Crippen LogP contribution in [0.25, 0.3) is 11.1 Å². The minimum absolute atomic E-state index is 0.0483. The average molecular weight is 408 g/mol. The maximum atomic E-state index is 13.1. The third-order valence-corrected chi connectivity index (χ3v) is 5.59. The topological polar surface area (TPSA) is 81.8 Å². The fourth-order valence-electron chi connectivity index (χ4n) is 4.15. The smallest absolute Gasteiger partial charge is 0.420 e. The van der Waals surface area contributed by atoms with Crippen molar-refractivity contribution in [2.24, 2.45) is 0 Å². The highest BCUT2D eigenvalue weighted by Gasteiger charge is 2.33. The Kier molecular flexibility index (Phi) is 5.44. The molecule has 1 saturated heterocycles. The number of nitrogens with zero attached hydrogens (tertiary/aromatic N) is 2. The lowest BCUT2D eigenvalue weighted by molar-refractivity contribution is -0.159. The fourth-order valence-corrected chi connectivity index (χ4v) is 4.15. The van der Waals surface area contributed by atoms with Gasteiger partial charge in [-0.3, -0.25) is 14.2 Å². The minimum atomic E-state index is -0.958. The van der Waals surface area contributed by atoms with Gasteiger partial charge in [-0.2, -0.15) is 0 Å². The quantitative estimate of drug-likeness (QED) is 0.618. The van der Waals surface area contributed by atoms with Crippen LogP contribution in [0.1, 0.15) is 43.0 Å². The van der Waals surface area contributed by atoms with Gasteiger partial charge < -0.3 is 14.1 Å². The molecule has 0 aliphatic carbocycles. The number of benzene rings is 2. The molecule has 2 heterocycles. The zero-order chi connectivity index (χ0) is 21.3. The summed E-state index contributed by atoms with van der Waals surface area (Å²) in [6.45, 7) is 4.20. The third-order valence-electron chi connectivity index (χ3n) is 5.59. The highest BCUT2D eigenvalue weighted by Crippen LogP contribution is 2.29. The summed E-state index contributed by atoms with van der Waals surface area (Å²) in [6.07, 6.45) is 0.284. The summed E-state index contributed by atoms with van der Waals surface area (Å²) < 4.78 is 12.5. The number of ether oxygens (including phenoxy) is 1. The lowest BCUT2D eigenvalue weighted by Crippen LogP contribution is -2.43. The Balaban J connectivity index is 1.53. The van der Waals surface area contributed by atoms with Crippen LogP contribution in [0.4, 0.5) is 0 Å². The molecule has 0 spiro atoms. The first kappa shape index (κ1) is 19.9. The van der Waals surface area contributed by atoms with E-state index in [-0.39, 0.29) is 17.7 Å². The van der Waals surface area contributed by atoms with Gasteiger partial charge in [0, 0.05) is 31.6 Å². The summed E-state index contributed by atoms with van der Waals surface area (Å²) in [5.41, 5.74) is 3.02. The molecule has 1 amide bonds. The molecule has 1 aliphatic heterocycles. The molecule has 1 atom stereocenters. The zero-order valence-corrected chi connectivity index (χ0v) is 17.0. The highest BCUT2D eigenvalue weighted by atomic mass is 16.5. The second-order valence-corrected chi connectivity index (χ2v) is 7.62. The number of para-hydroxylation sites is 1. The number of piperidine rings is 1. The van der Waals surface area contributed by atoms with Crippen LogP contribution in [0, 0.1) is 6.92 Å². The first-order valence-corrected chi connectivity index (χ1v) is 10.1. The van der Waals surface area contributed by atoms with Crippen molar-refractivity contribution >= 4 is 23.0 Å². The lowest BCUT2D eigenvalue weighted by atomic mass is 10.0. The van der Waals surface area contributed by atoms with Gasteiger partial charge in [-0.1, -0.05) is 42.5 Å². The van der Waals surface area contributed by atoms with Crippen LogP contribution in [-0.4, -0.2) is 34.4 Å². The normalized spacial score (nSPS) is 15.9. The van der Waals surface area contributed by atoms with Crippen LogP contribution in [0.2, 0.25) is 0 Å². The molecule has 0 radical (unpaired) electrons. The summed E-state index contributed by atoms with van der Waals surface area (Å²) >= 11 is 0. The number of hydrogen-bond acceptors (Lipinski definition) is 5. The molecule has 7 heteroatoms. The summed E-state index contributed by atoms with van der Waals surface area (Å²) in [7, 11) is 0. The molecule has 0 saturated carbocycles. The zero-order valence-electron chi connectivity index (χ0n) is 17.0. The first-order chi connectivity index (χ1) is 14.5. The van der Waals surface area contributed by atoms with Gasteiger partial charge in [0.1, 0.15) is 0 Å². The number of fused-ring (bicyclic) bond motifs is 1. The van der Waals surface area contributed by atoms with E-state index >= 15 is 0 Å². The SMILES string of the molecule is CC(=O)OC(C(=O)N1CCC(n2c(=O)oc3cccc(C)c32)CC1)c1ccccc1. The molecule has 3 aromatic rings. The summed E-state index contributed by atoms with van der Waals surface area (Å²) in [5.74, 6) is -1.11. The number of hydrogen-bond donors (Lipinski definition) is 0. The minimum Gasteiger partial charge on any atom is -0.447 e. The van der Waals surface area contributed by atoms with Crippen LogP contribution in [0.5, 0.6) is 0 Å². The number of aryl methyl sites for hydroxylation is 1. The molecule has 1 aromatic heterocycles. The average Bonchev–Trinajstić information content (AvgIpc) is 3.09. The Labute approximate surface area is 173 Å². The number of carbonyl (C=O) groups is 2. The maximum Gasteiger partial charge on any atom is 0.420 e. The van der Waals surface area contributed by atoms with Gasteiger partial charge >= 0.3 is 11.7 Å². The van der Waals surface area contributed by atoms with Gasteiger partial charge in [-0.15, -0.1) is 0 Å². The van der Waals surface area contributed by atoms with Crippen molar-refractivity contribution in [3.8, 4) is 0 Å². The van der Waals surface area contributed by atoms with Crippen molar-refractivity contribution in [3.05, 3.63) is 70.2 Å². The highest BCUT2D eigenvalue weighted by molar-refractivity contribution is 5.85. The van der Waals surface area contributed by atoms with Gasteiger partial charge in [0.2, 0.25) is 6.10 Å². The maximum absolute atomic E-state index is 13.1. The predicted molar refractivity (Wildman–Crippen MR) is 111 cm³/mol. The van der Waals surface area contributed by atoms with Crippen molar-refractivity contribution in [2.45, 2.75) is 38.8 Å². The monoisotopic (exact) mass is 408 g/mol. The van der Waals surface area contributed by atoms with Crippen LogP contribution in [0.3, 0.4) is 0 Å². The van der Waals surface area contributed by atoms with Crippen molar-refractivity contribution in [3.63, 3.8) is 0 Å². The molecule has 1 unspecified atom stereocenters. The fraction of sp³-hybridized carbons (Fsp3) is 0.348. The van der Waals surface area contributed by atoms with Crippen LogP contribution >= 0.6 is 0 Å². The number of amides is 1. The van der Waals surface area contributed by atoms with E-state index in [9.17, 15) is 14.4 Å². The number of aromatic nitrogens is 1. The molecule has 0 N–H and O–H groups in total. The van der Waals surface area contributed by atoms with Gasteiger partial charge in [0.15, 0.2) is 5.58 Å². The molecule has 1 aliphatic rings. The second-order valence-electron chi connectivity index (χ2n) is 7.62. The Hall–Kier alpha value is -3.35. The Morgan fingerprint density at radius 1 is 1.07 bits per heavy atom. The van der Waals surface area contributed by atoms with Crippen molar-refractivity contribution in [1.82, 2.24) is 9.47 Å². The molecular formula is C23H24N2O5. The van der Waals surface area contributed by atoms with E-state index in [2.05, 4.69) is 0 Å². The van der Waals surface area contributed by atoms with E-state index in [1.165, 1.54) is 6.92 Å². The predicted octanol–water partition coefficient (Wildman–Crippen LogP) is 3.37. The third kappa shape index (κ3) is 3.75. The van der Waals surface area contributed by atoms with E-state index in [4.69, 9.17) is 9.15 Å². The molecule has 30 heavy (non-hydrogen) atoms. The number of carbonyl (C=O) groups excluding carboxylic acids is 2. The van der Waals surface area contributed by atoms with Crippen molar-refractivity contribution < 1.29 is 18.7 Å². The van der Waals surface area contributed by atoms with Gasteiger partial charge in [-0.05, 0) is 31.4 Å². The Morgan fingerprint density at radius 2 is 1.77 bits per heavy atom. The molecule has 4 rings (SSSR count). The van der Waals surface area contributed by atoms with Gasteiger partial charge in [0.05, 0.1) is 5.52 Å². The summed E-state index contributed by atoms with van der Waals surface area (Å²) in [6, 6.07) is 14.6. The molecular weight excluding hydrogens is 384 g/mol. The van der Waals surface area contributed by atoms with Gasteiger partial charge in [0.25, 0.3) is 5.91 Å². The number of rotatable bonds is 4. The number of oxazole rings is 1. The first-order valence-electron chi connectivity index (χ1n) is 10.1. The van der Waals surface area contributed by atoms with Crippen LogP contribution in [0.15, 0.2) is 57.7 Å². The van der Waals surface area contributed by atoms with E-state index in [1.54, 1.807) is 27.7 Å². The van der Waals surface area contributed by atoms with E-state index in [0.717, 1.165) is 11.1 Å². The van der Waals surface area contributed by atoms with Crippen LogP contribution in [-0.2, 0) is 14.3 Å². The summed E-state index contributed by atoms with van der Waals surface area (Å²) in [5, 5.41) is 0. The van der Waals surface area contributed by atoms with E-state index < -0.39 is 12.1 Å². The molecule has 1 fully saturated rings. The Morgan fingerprint density at radius 3 is 2.43 bits per heavy atom. The largest absolute Gasteiger partial charge is 0.447 e. The van der Waals surface area contributed by atoms with Gasteiger partial charge in [-0.25, -0.2) is 4.79 Å². The molecule has 0 bridgehead atoms. The second kappa shape index (κ2) is 8.18. The molecule has 2 aromatic carbocycles. The van der Waals surface area contributed by atoms with Crippen molar-refractivity contribution in [1.29, 1.82) is 0 Å². The van der Waals surface area contributed by atoms with E-state index in [0.29, 0.717) is 37.1 Å². The number of esters is 1. The van der Waals surface area contributed by atoms with E-state index in [1.807, 2.05) is 37.3 Å². The van der Waals surface area contributed by atoms with Crippen LogP contribution < -0.4 is 5.76 Å². The van der Waals surface area contributed by atoms with Crippen molar-refractivity contribution in [2.75, 3.05) is 13.1 Å². The Bertz CT molecular complexity index is 1120. The number of likely N-dealkylation sites (tertiary alicyclic amines) is 1.